The van der Waals surface area contributed by atoms with Crippen LogP contribution in [0.15, 0.2) is 24.3 Å². The number of carbonyl (C=O) groups excluding carboxylic acids is 1. The van der Waals surface area contributed by atoms with E-state index in [-0.39, 0.29) is 0 Å². The van der Waals surface area contributed by atoms with Crippen LogP contribution < -0.4 is 5.32 Å². The number of carboxylic acid groups (broad SMARTS) is 1. The quantitative estimate of drug-likeness (QED) is 0.851. The van der Waals surface area contributed by atoms with Gasteiger partial charge in [-0.2, -0.15) is 13.2 Å². The number of ether oxygens (including phenoxy) is 1. The maximum Gasteiger partial charge on any atom is 0.416 e. The van der Waals surface area contributed by atoms with Crippen molar-refractivity contribution in [2.24, 2.45) is 0 Å². The second-order valence-corrected chi connectivity index (χ2v) is 7.21. The van der Waals surface area contributed by atoms with Gasteiger partial charge in [0.2, 0.25) is 0 Å². The SMILES string of the molecule is CC(C)(C)OC(=O)NC(C(=O)O)C(C)(C)c1ccc(C(F)(F)F)cc1. The van der Waals surface area contributed by atoms with Crippen molar-refractivity contribution in [2.75, 3.05) is 0 Å². The summed E-state index contributed by atoms with van der Waals surface area (Å²) in [5, 5.41) is 11.7. The molecule has 1 rings (SSSR count). The van der Waals surface area contributed by atoms with Crippen LogP contribution in [0.2, 0.25) is 0 Å². The van der Waals surface area contributed by atoms with Crippen LogP contribution in [-0.2, 0) is 21.1 Å². The summed E-state index contributed by atoms with van der Waals surface area (Å²) in [5.74, 6) is -1.32. The zero-order valence-corrected chi connectivity index (χ0v) is 14.7. The highest BCUT2D eigenvalue weighted by Crippen LogP contribution is 2.33. The molecular formula is C17H22F3NO4. The van der Waals surface area contributed by atoms with Crippen LogP contribution in [0.3, 0.4) is 0 Å². The number of hydrogen-bond acceptors (Lipinski definition) is 3. The van der Waals surface area contributed by atoms with E-state index in [1.165, 1.54) is 26.0 Å². The Bertz CT molecular complexity index is 631. The molecule has 0 radical (unpaired) electrons. The van der Waals surface area contributed by atoms with Crippen molar-refractivity contribution in [1.82, 2.24) is 5.32 Å². The summed E-state index contributed by atoms with van der Waals surface area (Å²) in [5.41, 5.74) is -2.48. The van der Waals surface area contributed by atoms with E-state index in [1.807, 2.05) is 0 Å². The molecule has 8 heteroatoms. The van der Waals surface area contributed by atoms with E-state index >= 15 is 0 Å². The van der Waals surface area contributed by atoms with Crippen LogP contribution in [0.5, 0.6) is 0 Å². The first-order valence-electron chi connectivity index (χ1n) is 7.54. The molecule has 0 saturated heterocycles. The maximum atomic E-state index is 12.7. The summed E-state index contributed by atoms with van der Waals surface area (Å²) in [6, 6.07) is 2.77. The van der Waals surface area contributed by atoms with Gasteiger partial charge in [-0.05, 0) is 38.5 Å². The van der Waals surface area contributed by atoms with Gasteiger partial charge in [0, 0.05) is 5.41 Å². The maximum absolute atomic E-state index is 12.7. The number of alkyl halides is 3. The third-order valence-electron chi connectivity index (χ3n) is 3.59. The number of hydrogen-bond donors (Lipinski definition) is 2. The monoisotopic (exact) mass is 361 g/mol. The zero-order valence-electron chi connectivity index (χ0n) is 14.7. The first kappa shape index (κ1) is 20.8. The van der Waals surface area contributed by atoms with Crippen LogP contribution in [0.4, 0.5) is 18.0 Å². The van der Waals surface area contributed by atoms with Gasteiger partial charge in [0.15, 0.2) is 0 Å². The van der Waals surface area contributed by atoms with Crippen molar-refractivity contribution in [3.8, 4) is 0 Å². The Morgan fingerprint density at radius 2 is 1.44 bits per heavy atom. The molecule has 0 bridgehead atoms. The average Bonchev–Trinajstić information content (AvgIpc) is 2.41. The Morgan fingerprint density at radius 3 is 1.80 bits per heavy atom. The normalized spacial score (nSPS) is 13.9. The summed E-state index contributed by atoms with van der Waals surface area (Å²) < 4.78 is 43.0. The molecule has 0 saturated carbocycles. The molecule has 0 aromatic heterocycles. The summed E-state index contributed by atoms with van der Waals surface area (Å²) >= 11 is 0. The summed E-state index contributed by atoms with van der Waals surface area (Å²) in [4.78, 5) is 23.5. The minimum absolute atomic E-state index is 0.337. The number of carbonyl (C=O) groups is 2. The smallest absolute Gasteiger partial charge is 0.416 e. The highest BCUT2D eigenvalue weighted by molar-refractivity contribution is 5.82. The Hall–Kier alpha value is -2.25. The first-order valence-corrected chi connectivity index (χ1v) is 7.54. The second kappa shape index (κ2) is 6.93. The molecule has 1 amide bonds. The van der Waals surface area contributed by atoms with Gasteiger partial charge in [-0.3, -0.25) is 0 Å². The van der Waals surface area contributed by atoms with Crippen LogP contribution in [-0.4, -0.2) is 28.8 Å². The Labute approximate surface area is 144 Å². The van der Waals surface area contributed by atoms with Gasteiger partial charge < -0.3 is 15.2 Å². The predicted molar refractivity (Wildman–Crippen MR) is 85.3 cm³/mol. The number of amides is 1. The van der Waals surface area contributed by atoms with Crippen molar-refractivity contribution < 1.29 is 32.6 Å². The number of rotatable bonds is 4. The van der Waals surface area contributed by atoms with E-state index in [4.69, 9.17) is 4.74 Å². The molecule has 0 fully saturated rings. The van der Waals surface area contributed by atoms with Crippen molar-refractivity contribution in [3.63, 3.8) is 0 Å². The Morgan fingerprint density at radius 1 is 1.00 bits per heavy atom. The molecule has 25 heavy (non-hydrogen) atoms. The lowest BCUT2D eigenvalue weighted by Crippen LogP contribution is -2.53. The molecule has 0 aliphatic carbocycles. The lowest BCUT2D eigenvalue weighted by Gasteiger charge is -2.33. The van der Waals surface area contributed by atoms with Crippen LogP contribution in [0.25, 0.3) is 0 Å². The zero-order chi connectivity index (χ0) is 19.6. The highest BCUT2D eigenvalue weighted by atomic mass is 19.4. The van der Waals surface area contributed by atoms with Gasteiger partial charge in [-0.1, -0.05) is 26.0 Å². The van der Waals surface area contributed by atoms with Crippen LogP contribution in [0.1, 0.15) is 45.7 Å². The van der Waals surface area contributed by atoms with Gasteiger partial charge in [0.1, 0.15) is 11.6 Å². The summed E-state index contributed by atoms with van der Waals surface area (Å²) in [6.07, 6.45) is -5.40. The fraction of sp³-hybridized carbons (Fsp3) is 0.529. The standard InChI is InChI=1S/C17H22F3NO4/c1-15(2,3)25-14(24)21-12(13(22)23)16(4,5)10-6-8-11(9-7-10)17(18,19)20/h6-9,12H,1-5H3,(H,21,24)(H,22,23). The van der Waals surface area contributed by atoms with Gasteiger partial charge in [-0.25, -0.2) is 9.59 Å². The van der Waals surface area contributed by atoms with E-state index in [9.17, 15) is 27.9 Å². The van der Waals surface area contributed by atoms with Gasteiger partial charge in [-0.15, -0.1) is 0 Å². The molecule has 0 heterocycles. The van der Waals surface area contributed by atoms with Gasteiger partial charge in [0.05, 0.1) is 5.56 Å². The molecule has 2 N–H and O–H groups in total. The second-order valence-electron chi connectivity index (χ2n) is 7.21. The van der Waals surface area contributed by atoms with E-state index < -0.39 is 40.9 Å². The van der Waals surface area contributed by atoms with Crippen molar-refractivity contribution in [1.29, 1.82) is 0 Å². The van der Waals surface area contributed by atoms with Crippen molar-refractivity contribution >= 4 is 12.1 Å². The van der Waals surface area contributed by atoms with E-state index in [2.05, 4.69) is 5.32 Å². The topological polar surface area (TPSA) is 75.6 Å². The third-order valence-corrected chi connectivity index (χ3v) is 3.59. The molecule has 1 atom stereocenters. The molecule has 0 aliphatic rings. The number of alkyl carbamates (subject to hydrolysis) is 1. The van der Waals surface area contributed by atoms with Gasteiger partial charge in [0.25, 0.3) is 0 Å². The van der Waals surface area contributed by atoms with Gasteiger partial charge >= 0.3 is 18.2 Å². The molecular weight excluding hydrogens is 339 g/mol. The van der Waals surface area contributed by atoms with E-state index in [0.29, 0.717) is 5.56 Å². The molecule has 140 valence electrons. The lowest BCUT2D eigenvalue weighted by atomic mass is 9.77. The third kappa shape index (κ3) is 5.65. The highest BCUT2D eigenvalue weighted by Gasteiger charge is 2.39. The molecule has 0 aliphatic heterocycles. The van der Waals surface area contributed by atoms with E-state index in [1.54, 1.807) is 20.8 Å². The number of benzene rings is 1. The lowest BCUT2D eigenvalue weighted by molar-refractivity contribution is -0.141. The first-order chi connectivity index (χ1) is 11.1. The van der Waals surface area contributed by atoms with Crippen molar-refractivity contribution in [2.45, 2.75) is 57.9 Å². The summed E-state index contributed by atoms with van der Waals surface area (Å²) in [7, 11) is 0. The molecule has 1 unspecified atom stereocenters. The number of halogens is 3. The molecule has 5 nitrogen and oxygen atoms in total. The number of nitrogens with one attached hydrogen (secondary N) is 1. The minimum atomic E-state index is -4.48. The largest absolute Gasteiger partial charge is 0.480 e. The molecule has 0 spiro atoms. The Balaban J connectivity index is 3.09. The molecule has 1 aromatic rings. The number of aliphatic carboxylic acids is 1. The Kier molecular flexibility index (Phi) is 5.77. The number of carboxylic acids is 1. The van der Waals surface area contributed by atoms with Crippen molar-refractivity contribution in [3.05, 3.63) is 35.4 Å². The summed E-state index contributed by atoms with van der Waals surface area (Å²) in [6.45, 7) is 7.92. The average molecular weight is 361 g/mol. The van der Waals surface area contributed by atoms with Crippen LogP contribution in [0, 0.1) is 0 Å². The molecule has 1 aromatic carbocycles. The van der Waals surface area contributed by atoms with E-state index in [0.717, 1.165) is 12.1 Å². The predicted octanol–water partition coefficient (Wildman–Crippen LogP) is 3.96. The fourth-order valence-electron chi connectivity index (χ4n) is 2.23. The minimum Gasteiger partial charge on any atom is -0.480 e. The van der Waals surface area contributed by atoms with Crippen LogP contribution >= 0.6 is 0 Å². The fourth-order valence-corrected chi connectivity index (χ4v) is 2.23.